The number of carbonyl (C=O) groups excluding carboxylic acids is 4. The Hall–Kier alpha value is -3.19. The Labute approximate surface area is 166 Å². The molecule has 3 amide bonds. The van der Waals surface area contributed by atoms with Gasteiger partial charge in [0.1, 0.15) is 6.04 Å². The number of nitrogens with zero attached hydrogens (tertiary/aromatic N) is 1. The lowest BCUT2D eigenvalue weighted by atomic mass is 10.0. The second-order valence-electron chi connectivity index (χ2n) is 6.54. The van der Waals surface area contributed by atoms with Crippen LogP contribution in [0.3, 0.4) is 0 Å². The Morgan fingerprint density at radius 1 is 0.964 bits per heavy atom. The van der Waals surface area contributed by atoms with Gasteiger partial charge in [-0.1, -0.05) is 54.8 Å². The average Bonchev–Trinajstić information content (AvgIpc) is 2.91. The Balaban J connectivity index is 1.76. The summed E-state index contributed by atoms with van der Waals surface area (Å²) < 4.78 is 0. The van der Waals surface area contributed by atoms with E-state index >= 15 is 0 Å². The third kappa shape index (κ3) is 3.61. The monoisotopic (exact) mass is 400 g/mol. The minimum atomic E-state index is -1.09. The van der Waals surface area contributed by atoms with Crippen molar-refractivity contribution in [3.63, 3.8) is 0 Å². The summed E-state index contributed by atoms with van der Waals surface area (Å²) in [6.45, 7) is 3.39. The molecule has 1 atom stereocenters. The summed E-state index contributed by atoms with van der Waals surface area (Å²) in [4.78, 5) is 54.8. The third-order valence-corrected chi connectivity index (χ3v) is 4.59. The molecule has 0 bridgehead atoms. The van der Waals surface area contributed by atoms with Crippen molar-refractivity contribution in [2.75, 3.05) is 0 Å². The maximum absolute atomic E-state index is 12.6. The first kappa shape index (κ1) is 19.6. The molecular formula is C20H17ClN2O5. The number of fused-ring (bicyclic) bond motifs is 1. The van der Waals surface area contributed by atoms with Crippen molar-refractivity contribution in [3.05, 3.63) is 70.2 Å². The van der Waals surface area contributed by atoms with Crippen LogP contribution in [0.15, 0.2) is 48.5 Å². The van der Waals surface area contributed by atoms with Gasteiger partial charge in [-0.25, -0.2) is 4.79 Å². The standard InChI is InChI=1S/C20H17ClN2O5/c1-11(2)16(22-17(24)14-9-5-6-10-15(14)21)20(27)28-23-18(25)12-7-3-4-8-13(12)19(23)26/h3-11,16H,1-2H3,(H,22,24). The first-order valence-corrected chi connectivity index (χ1v) is 8.94. The number of hydrogen-bond acceptors (Lipinski definition) is 5. The molecule has 8 heteroatoms. The van der Waals surface area contributed by atoms with E-state index in [0.29, 0.717) is 5.06 Å². The van der Waals surface area contributed by atoms with E-state index in [1.807, 2.05) is 0 Å². The molecule has 2 aromatic rings. The minimum absolute atomic E-state index is 0.154. The van der Waals surface area contributed by atoms with Gasteiger partial charge in [0.05, 0.1) is 21.7 Å². The number of hydrogen-bond donors (Lipinski definition) is 1. The highest BCUT2D eigenvalue weighted by molar-refractivity contribution is 6.33. The largest absolute Gasteiger partial charge is 0.355 e. The van der Waals surface area contributed by atoms with Crippen LogP contribution in [0.25, 0.3) is 0 Å². The molecule has 1 unspecified atom stereocenters. The molecule has 0 fully saturated rings. The Morgan fingerprint density at radius 2 is 1.50 bits per heavy atom. The van der Waals surface area contributed by atoms with Crippen LogP contribution >= 0.6 is 11.6 Å². The van der Waals surface area contributed by atoms with Gasteiger partial charge in [0.2, 0.25) is 0 Å². The fraction of sp³-hybridized carbons (Fsp3) is 0.200. The van der Waals surface area contributed by atoms with Gasteiger partial charge in [0, 0.05) is 0 Å². The summed E-state index contributed by atoms with van der Waals surface area (Å²) >= 11 is 6.01. The van der Waals surface area contributed by atoms with Gasteiger partial charge in [0.15, 0.2) is 0 Å². The predicted octanol–water partition coefficient (Wildman–Crippen LogP) is 2.85. The maximum atomic E-state index is 12.6. The highest BCUT2D eigenvalue weighted by Gasteiger charge is 2.40. The molecule has 0 radical (unpaired) electrons. The normalized spacial score (nSPS) is 14.1. The number of halogens is 1. The molecule has 0 aliphatic carbocycles. The zero-order valence-electron chi connectivity index (χ0n) is 15.1. The molecule has 0 aromatic heterocycles. The molecule has 0 saturated carbocycles. The maximum Gasteiger partial charge on any atom is 0.355 e. The quantitative estimate of drug-likeness (QED) is 0.779. The van der Waals surface area contributed by atoms with Gasteiger partial charge >= 0.3 is 5.97 Å². The van der Waals surface area contributed by atoms with Gasteiger partial charge in [-0.2, -0.15) is 0 Å². The zero-order valence-corrected chi connectivity index (χ0v) is 15.9. The summed E-state index contributed by atoms with van der Waals surface area (Å²) in [5.41, 5.74) is 0.506. The van der Waals surface area contributed by atoms with Gasteiger partial charge in [-0.15, -0.1) is 0 Å². The second-order valence-corrected chi connectivity index (χ2v) is 6.94. The van der Waals surface area contributed by atoms with Crippen LogP contribution in [-0.4, -0.2) is 34.8 Å². The van der Waals surface area contributed by atoms with E-state index < -0.39 is 29.7 Å². The van der Waals surface area contributed by atoms with E-state index in [1.54, 1.807) is 44.2 Å². The molecule has 1 heterocycles. The predicted molar refractivity (Wildman–Crippen MR) is 101 cm³/mol. The van der Waals surface area contributed by atoms with Crippen LogP contribution in [0.5, 0.6) is 0 Å². The van der Waals surface area contributed by atoms with Crippen LogP contribution in [0, 0.1) is 5.92 Å². The number of rotatable bonds is 5. The highest BCUT2D eigenvalue weighted by Crippen LogP contribution is 2.23. The number of hydroxylamine groups is 2. The molecule has 28 heavy (non-hydrogen) atoms. The molecule has 1 aliphatic heterocycles. The van der Waals surface area contributed by atoms with E-state index in [9.17, 15) is 19.2 Å². The minimum Gasteiger partial charge on any atom is -0.338 e. The van der Waals surface area contributed by atoms with Crippen LogP contribution in [0.1, 0.15) is 44.9 Å². The number of nitrogens with one attached hydrogen (secondary N) is 1. The van der Waals surface area contributed by atoms with E-state index in [0.717, 1.165) is 0 Å². The van der Waals surface area contributed by atoms with Crippen molar-refractivity contribution in [1.82, 2.24) is 10.4 Å². The summed E-state index contributed by atoms with van der Waals surface area (Å²) in [6, 6.07) is 11.5. The number of imide groups is 1. The summed E-state index contributed by atoms with van der Waals surface area (Å²) in [5.74, 6) is -3.31. The fourth-order valence-corrected chi connectivity index (χ4v) is 2.98. The molecule has 144 valence electrons. The van der Waals surface area contributed by atoms with E-state index in [2.05, 4.69) is 5.32 Å². The van der Waals surface area contributed by atoms with Crippen molar-refractivity contribution >= 4 is 35.3 Å². The van der Waals surface area contributed by atoms with Crippen molar-refractivity contribution in [1.29, 1.82) is 0 Å². The van der Waals surface area contributed by atoms with Crippen LogP contribution in [0.4, 0.5) is 0 Å². The summed E-state index contributed by atoms with van der Waals surface area (Å²) in [7, 11) is 0. The van der Waals surface area contributed by atoms with E-state index in [-0.39, 0.29) is 27.6 Å². The first-order chi connectivity index (χ1) is 13.3. The molecule has 7 nitrogen and oxygen atoms in total. The van der Waals surface area contributed by atoms with Gasteiger partial charge in [-0.05, 0) is 30.2 Å². The zero-order chi connectivity index (χ0) is 20.4. The van der Waals surface area contributed by atoms with Gasteiger partial charge in [0.25, 0.3) is 17.7 Å². The number of benzene rings is 2. The van der Waals surface area contributed by atoms with Gasteiger partial charge < -0.3 is 10.2 Å². The number of carbonyl (C=O) groups is 4. The van der Waals surface area contributed by atoms with Crippen molar-refractivity contribution in [3.8, 4) is 0 Å². The van der Waals surface area contributed by atoms with E-state index in [1.165, 1.54) is 18.2 Å². The summed E-state index contributed by atoms with van der Waals surface area (Å²) in [6.07, 6.45) is 0. The Kier molecular flexibility index (Phi) is 5.46. The smallest absolute Gasteiger partial charge is 0.338 e. The Bertz CT molecular complexity index is 938. The topological polar surface area (TPSA) is 92.8 Å². The second kappa shape index (κ2) is 7.82. The lowest BCUT2D eigenvalue weighted by Crippen LogP contribution is -2.48. The average molecular weight is 401 g/mol. The van der Waals surface area contributed by atoms with E-state index in [4.69, 9.17) is 16.4 Å². The molecule has 3 rings (SSSR count). The third-order valence-electron chi connectivity index (χ3n) is 4.26. The lowest BCUT2D eigenvalue weighted by Gasteiger charge is -2.22. The molecular weight excluding hydrogens is 384 g/mol. The van der Waals surface area contributed by atoms with Crippen LogP contribution in [-0.2, 0) is 9.63 Å². The van der Waals surface area contributed by atoms with Crippen molar-refractivity contribution in [2.24, 2.45) is 5.92 Å². The fourth-order valence-electron chi connectivity index (χ4n) is 2.76. The lowest BCUT2D eigenvalue weighted by molar-refractivity contribution is -0.172. The summed E-state index contributed by atoms with van der Waals surface area (Å²) in [5, 5.41) is 3.20. The molecule has 0 saturated heterocycles. The SMILES string of the molecule is CC(C)C(NC(=O)c1ccccc1Cl)C(=O)ON1C(=O)c2ccccc2C1=O. The van der Waals surface area contributed by atoms with Gasteiger partial charge in [-0.3, -0.25) is 14.4 Å². The highest BCUT2D eigenvalue weighted by atomic mass is 35.5. The number of amides is 3. The van der Waals surface area contributed by atoms with Crippen LogP contribution < -0.4 is 5.32 Å². The molecule has 1 N–H and O–H groups in total. The van der Waals surface area contributed by atoms with Crippen molar-refractivity contribution in [2.45, 2.75) is 19.9 Å². The molecule has 2 aromatic carbocycles. The first-order valence-electron chi connectivity index (χ1n) is 8.56. The Morgan fingerprint density at radius 3 is 2.04 bits per heavy atom. The molecule has 0 spiro atoms. The molecule has 1 aliphatic rings. The van der Waals surface area contributed by atoms with Crippen LogP contribution in [0.2, 0.25) is 5.02 Å². The van der Waals surface area contributed by atoms with Crippen molar-refractivity contribution < 1.29 is 24.0 Å².